The number of pyridine rings is 1. The molecule has 0 saturated carbocycles. The lowest BCUT2D eigenvalue weighted by atomic mass is 10.2. The molecule has 0 amide bonds. The zero-order valence-corrected chi connectivity index (χ0v) is 14.9. The van der Waals surface area contributed by atoms with Gasteiger partial charge in [-0.05, 0) is 38.9 Å². The van der Waals surface area contributed by atoms with Crippen molar-refractivity contribution in [2.24, 2.45) is 0 Å². The molecule has 0 spiro atoms. The number of aromatic nitrogens is 1. The van der Waals surface area contributed by atoms with E-state index < -0.39 is 0 Å². The van der Waals surface area contributed by atoms with Gasteiger partial charge in [0.25, 0.3) is 0 Å². The zero-order valence-electron chi connectivity index (χ0n) is 13.2. The average molecular weight is 350 g/mol. The first kappa shape index (κ1) is 21.0. The van der Waals surface area contributed by atoms with Gasteiger partial charge in [-0.3, -0.25) is 0 Å². The highest BCUT2D eigenvalue weighted by Crippen LogP contribution is 2.23. The van der Waals surface area contributed by atoms with Gasteiger partial charge in [0, 0.05) is 25.3 Å². The number of esters is 1. The van der Waals surface area contributed by atoms with E-state index in [0.717, 1.165) is 31.9 Å². The zero-order chi connectivity index (χ0) is 14.5. The Kier molecular flexibility index (Phi) is 9.41. The summed E-state index contributed by atoms with van der Waals surface area (Å²) in [7, 11) is 0. The molecule has 0 bridgehead atoms. The van der Waals surface area contributed by atoms with Gasteiger partial charge in [0.05, 0.1) is 6.10 Å². The SMILES string of the molecule is CCN[C@@H]1CCN(c2ncccc2C(=O)OC(C)C)C1.Cl.Cl. The standard InChI is InChI=1S/C15H23N3O2.2ClH/c1-4-16-12-7-9-18(10-12)14-13(6-5-8-17-14)15(19)20-11(2)3;;/h5-6,8,11-12,16H,4,7,9-10H2,1-3H3;2*1H/t12-;;/m1../s1. The molecule has 5 nitrogen and oxygen atoms in total. The van der Waals surface area contributed by atoms with Crippen LogP contribution in [0.2, 0.25) is 0 Å². The minimum Gasteiger partial charge on any atom is -0.459 e. The summed E-state index contributed by atoms with van der Waals surface area (Å²) in [4.78, 5) is 18.7. The normalized spacial score (nSPS) is 16.9. The van der Waals surface area contributed by atoms with Gasteiger partial charge in [-0.25, -0.2) is 9.78 Å². The van der Waals surface area contributed by atoms with E-state index in [4.69, 9.17) is 4.74 Å². The van der Waals surface area contributed by atoms with E-state index in [9.17, 15) is 4.79 Å². The summed E-state index contributed by atoms with van der Waals surface area (Å²) in [5.74, 6) is 0.438. The average Bonchev–Trinajstić information content (AvgIpc) is 2.87. The van der Waals surface area contributed by atoms with Crippen molar-refractivity contribution in [2.45, 2.75) is 39.3 Å². The van der Waals surface area contributed by atoms with Crippen LogP contribution in [0.1, 0.15) is 37.6 Å². The van der Waals surface area contributed by atoms with Crippen LogP contribution in [0.4, 0.5) is 5.82 Å². The van der Waals surface area contributed by atoms with E-state index in [1.54, 1.807) is 18.3 Å². The molecule has 2 rings (SSSR count). The van der Waals surface area contributed by atoms with E-state index in [0.29, 0.717) is 11.6 Å². The summed E-state index contributed by atoms with van der Waals surface area (Å²) in [6.07, 6.45) is 2.68. The van der Waals surface area contributed by atoms with Gasteiger partial charge in [-0.1, -0.05) is 6.92 Å². The topological polar surface area (TPSA) is 54.5 Å². The molecule has 1 aliphatic heterocycles. The Bertz CT molecular complexity index is 472. The largest absolute Gasteiger partial charge is 0.459 e. The van der Waals surface area contributed by atoms with E-state index >= 15 is 0 Å². The maximum absolute atomic E-state index is 12.1. The molecule has 126 valence electrons. The molecule has 1 atom stereocenters. The predicted molar refractivity (Wildman–Crippen MR) is 93.6 cm³/mol. The molecule has 2 heterocycles. The van der Waals surface area contributed by atoms with Crippen LogP contribution in [0.3, 0.4) is 0 Å². The van der Waals surface area contributed by atoms with Crippen molar-refractivity contribution in [3.8, 4) is 0 Å². The Morgan fingerprint density at radius 1 is 1.50 bits per heavy atom. The number of halogens is 2. The van der Waals surface area contributed by atoms with Crippen LogP contribution in [-0.2, 0) is 4.74 Å². The summed E-state index contributed by atoms with van der Waals surface area (Å²) in [6, 6.07) is 4.03. The number of likely N-dealkylation sites (N-methyl/N-ethyl adjacent to an activating group) is 1. The van der Waals surface area contributed by atoms with Crippen LogP contribution in [0, 0.1) is 0 Å². The fourth-order valence-corrected chi connectivity index (χ4v) is 2.49. The van der Waals surface area contributed by atoms with Gasteiger partial charge in [-0.15, -0.1) is 24.8 Å². The quantitative estimate of drug-likeness (QED) is 0.828. The van der Waals surface area contributed by atoms with Gasteiger partial charge in [0.15, 0.2) is 0 Å². The number of carbonyl (C=O) groups is 1. The maximum atomic E-state index is 12.1. The number of rotatable bonds is 5. The fourth-order valence-electron chi connectivity index (χ4n) is 2.49. The summed E-state index contributed by atoms with van der Waals surface area (Å²) in [5, 5.41) is 3.44. The molecular weight excluding hydrogens is 325 g/mol. The summed E-state index contributed by atoms with van der Waals surface area (Å²) >= 11 is 0. The second-order valence-corrected chi connectivity index (χ2v) is 5.32. The van der Waals surface area contributed by atoms with Crippen LogP contribution in [-0.4, -0.2) is 42.7 Å². The van der Waals surface area contributed by atoms with Crippen molar-refractivity contribution in [3.05, 3.63) is 23.9 Å². The molecule has 1 aromatic rings. The number of ether oxygens (including phenoxy) is 1. The van der Waals surface area contributed by atoms with Crippen LogP contribution < -0.4 is 10.2 Å². The van der Waals surface area contributed by atoms with Gasteiger partial charge < -0.3 is 15.0 Å². The van der Waals surface area contributed by atoms with Crippen molar-refractivity contribution in [3.63, 3.8) is 0 Å². The Labute approximate surface area is 144 Å². The summed E-state index contributed by atoms with van der Waals surface area (Å²) < 4.78 is 5.29. The first-order valence-electron chi connectivity index (χ1n) is 7.26. The van der Waals surface area contributed by atoms with Gasteiger partial charge >= 0.3 is 5.97 Å². The Hall–Kier alpha value is -1.04. The van der Waals surface area contributed by atoms with E-state index in [2.05, 4.69) is 22.1 Å². The lowest BCUT2D eigenvalue weighted by Crippen LogP contribution is -2.33. The molecule has 1 N–H and O–H groups in total. The van der Waals surface area contributed by atoms with Crippen molar-refractivity contribution in [1.82, 2.24) is 10.3 Å². The molecular formula is C15H25Cl2N3O2. The molecule has 7 heteroatoms. The molecule has 1 fully saturated rings. The number of hydrogen-bond donors (Lipinski definition) is 1. The number of carbonyl (C=O) groups excluding carboxylic acids is 1. The third-order valence-electron chi connectivity index (χ3n) is 3.33. The number of nitrogens with zero attached hydrogens (tertiary/aromatic N) is 2. The third kappa shape index (κ3) is 5.30. The Morgan fingerprint density at radius 3 is 2.86 bits per heavy atom. The van der Waals surface area contributed by atoms with Crippen LogP contribution in [0.5, 0.6) is 0 Å². The highest BCUT2D eigenvalue weighted by atomic mass is 35.5. The lowest BCUT2D eigenvalue weighted by Gasteiger charge is -2.20. The third-order valence-corrected chi connectivity index (χ3v) is 3.33. The Morgan fingerprint density at radius 2 is 2.23 bits per heavy atom. The molecule has 0 radical (unpaired) electrons. The first-order valence-corrected chi connectivity index (χ1v) is 7.26. The highest BCUT2D eigenvalue weighted by molar-refractivity contribution is 5.94. The monoisotopic (exact) mass is 349 g/mol. The molecule has 22 heavy (non-hydrogen) atoms. The lowest BCUT2D eigenvalue weighted by molar-refractivity contribution is 0.0378. The molecule has 0 aromatic carbocycles. The first-order chi connectivity index (χ1) is 9.61. The molecule has 1 saturated heterocycles. The van der Waals surface area contributed by atoms with E-state index in [-0.39, 0.29) is 36.9 Å². The summed E-state index contributed by atoms with van der Waals surface area (Å²) in [5.41, 5.74) is 0.554. The minimum absolute atomic E-state index is 0. The molecule has 1 aromatic heterocycles. The van der Waals surface area contributed by atoms with Crippen molar-refractivity contribution < 1.29 is 9.53 Å². The second kappa shape index (κ2) is 9.87. The van der Waals surface area contributed by atoms with E-state index in [1.807, 2.05) is 13.8 Å². The maximum Gasteiger partial charge on any atom is 0.342 e. The van der Waals surface area contributed by atoms with Crippen LogP contribution >= 0.6 is 24.8 Å². The van der Waals surface area contributed by atoms with Crippen molar-refractivity contribution in [1.29, 1.82) is 0 Å². The molecule has 0 aliphatic carbocycles. The van der Waals surface area contributed by atoms with Crippen molar-refractivity contribution >= 4 is 36.6 Å². The molecule has 1 aliphatic rings. The van der Waals surface area contributed by atoms with Crippen LogP contribution in [0.15, 0.2) is 18.3 Å². The number of anilines is 1. The highest BCUT2D eigenvalue weighted by Gasteiger charge is 2.26. The van der Waals surface area contributed by atoms with E-state index in [1.165, 1.54) is 0 Å². The predicted octanol–water partition coefficient (Wildman–Crippen LogP) is 2.68. The van der Waals surface area contributed by atoms with Crippen LogP contribution in [0.25, 0.3) is 0 Å². The summed E-state index contributed by atoms with van der Waals surface area (Å²) in [6.45, 7) is 8.57. The van der Waals surface area contributed by atoms with Crippen molar-refractivity contribution in [2.75, 3.05) is 24.5 Å². The number of nitrogens with one attached hydrogen (secondary N) is 1. The van der Waals surface area contributed by atoms with Gasteiger partial charge in [-0.2, -0.15) is 0 Å². The number of hydrogen-bond acceptors (Lipinski definition) is 5. The smallest absolute Gasteiger partial charge is 0.342 e. The molecule has 0 unspecified atom stereocenters. The fraction of sp³-hybridized carbons (Fsp3) is 0.600. The minimum atomic E-state index is -0.296. The van der Waals surface area contributed by atoms with Gasteiger partial charge in [0.1, 0.15) is 11.4 Å². The van der Waals surface area contributed by atoms with Gasteiger partial charge in [0.2, 0.25) is 0 Å². The second-order valence-electron chi connectivity index (χ2n) is 5.32. The Balaban J connectivity index is 0.00000220.